The van der Waals surface area contributed by atoms with Crippen LogP contribution in [0.1, 0.15) is 11.4 Å². The average Bonchev–Trinajstić information content (AvgIpc) is 2.04. The van der Waals surface area contributed by atoms with E-state index in [1.165, 1.54) is 0 Å². The van der Waals surface area contributed by atoms with E-state index in [1.807, 2.05) is 25.1 Å². The normalized spacial score (nSPS) is 11.1. The van der Waals surface area contributed by atoms with E-state index in [4.69, 9.17) is 10.8 Å². The number of aryl methyl sites for hydroxylation is 1. The van der Waals surface area contributed by atoms with Crippen molar-refractivity contribution >= 4 is 24.8 Å². The Morgan fingerprint density at radius 3 is 2.57 bits per heavy atom. The fourth-order valence-electron chi connectivity index (χ4n) is 1.05. The van der Waals surface area contributed by atoms with E-state index in [0.29, 0.717) is 6.42 Å². The molecule has 0 bridgehead atoms. The van der Waals surface area contributed by atoms with Gasteiger partial charge in [0.25, 0.3) is 0 Å². The monoisotopic (exact) mass is 238 g/mol. The maximum absolute atomic E-state index is 8.71. The second-order valence-electron chi connectivity index (χ2n) is 2.92. The van der Waals surface area contributed by atoms with Crippen molar-refractivity contribution < 1.29 is 5.11 Å². The number of aromatic nitrogens is 1. The molecule has 0 radical (unpaired) electrons. The van der Waals surface area contributed by atoms with Gasteiger partial charge < -0.3 is 10.8 Å². The number of halogens is 2. The molecule has 1 rings (SSSR count). The summed E-state index contributed by atoms with van der Waals surface area (Å²) in [6, 6.07) is 5.61. The lowest BCUT2D eigenvalue weighted by Crippen LogP contribution is -2.27. The minimum absolute atomic E-state index is 0. The second kappa shape index (κ2) is 8.00. The molecule has 82 valence electrons. The van der Waals surface area contributed by atoms with Crippen LogP contribution >= 0.6 is 24.8 Å². The van der Waals surface area contributed by atoms with Crippen LogP contribution < -0.4 is 5.73 Å². The zero-order valence-electron chi connectivity index (χ0n) is 8.01. The maximum Gasteiger partial charge on any atom is 0.0586 e. The van der Waals surface area contributed by atoms with E-state index in [9.17, 15) is 0 Å². The van der Waals surface area contributed by atoms with Gasteiger partial charge in [-0.2, -0.15) is 0 Å². The van der Waals surface area contributed by atoms with Gasteiger partial charge in [0.2, 0.25) is 0 Å². The fraction of sp³-hybridized carbons (Fsp3) is 0.444. The van der Waals surface area contributed by atoms with E-state index in [0.717, 1.165) is 11.4 Å². The number of aliphatic hydroxyl groups is 1. The summed E-state index contributed by atoms with van der Waals surface area (Å²) >= 11 is 0. The quantitative estimate of drug-likeness (QED) is 0.830. The van der Waals surface area contributed by atoms with Crippen LogP contribution in [-0.4, -0.2) is 22.7 Å². The van der Waals surface area contributed by atoms with Gasteiger partial charge >= 0.3 is 0 Å². The summed E-state index contributed by atoms with van der Waals surface area (Å²) < 4.78 is 0. The maximum atomic E-state index is 8.71. The van der Waals surface area contributed by atoms with Crippen LogP contribution in [0.2, 0.25) is 0 Å². The number of hydrogen-bond acceptors (Lipinski definition) is 3. The van der Waals surface area contributed by atoms with Crippen molar-refractivity contribution in [2.24, 2.45) is 5.73 Å². The first-order chi connectivity index (χ1) is 5.72. The number of pyridine rings is 1. The van der Waals surface area contributed by atoms with E-state index in [2.05, 4.69) is 4.98 Å². The van der Waals surface area contributed by atoms with Gasteiger partial charge in [-0.3, -0.25) is 4.98 Å². The summed E-state index contributed by atoms with van der Waals surface area (Å²) in [5.41, 5.74) is 7.49. The third-order valence-corrected chi connectivity index (χ3v) is 1.65. The molecule has 0 fully saturated rings. The van der Waals surface area contributed by atoms with Gasteiger partial charge in [0.15, 0.2) is 0 Å². The second-order valence-corrected chi connectivity index (χ2v) is 2.92. The number of rotatable bonds is 3. The Balaban J connectivity index is 0. The first kappa shape index (κ1) is 16.1. The molecule has 1 aromatic heterocycles. The standard InChI is InChI=1S/C9H14N2O.2ClH/c1-7-3-2-4-9(11-7)5-8(10)6-12;;/h2-4,8,12H,5-6,10H2,1H3;2*1H. The Morgan fingerprint density at radius 2 is 2.07 bits per heavy atom. The molecule has 1 heterocycles. The molecule has 0 amide bonds. The summed E-state index contributed by atoms with van der Waals surface area (Å²) in [5, 5.41) is 8.71. The lowest BCUT2D eigenvalue weighted by molar-refractivity contribution is 0.264. The minimum Gasteiger partial charge on any atom is -0.395 e. The topological polar surface area (TPSA) is 59.1 Å². The molecule has 1 aromatic rings. The van der Waals surface area contributed by atoms with Crippen LogP contribution in [0.15, 0.2) is 18.2 Å². The highest BCUT2D eigenvalue weighted by Gasteiger charge is 2.02. The number of aliphatic hydroxyl groups excluding tert-OH is 1. The van der Waals surface area contributed by atoms with E-state index < -0.39 is 0 Å². The van der Waals surface area contributed by atoms with Crippen molar-refractivity contribution in [1.82, 2.24) is 4.98 Å². The van der Waals surface area contributed by atoms with Crippen molar-refractivity contribution in [1.29, 1.82) is 0 Å². The molecule has 0 spiro atoms. The number of nitrogens with two attached hydrogens (primary N) is 1. The minimum atomic E-state index is -0.195. The van der Waals surface area contributed by atoms with E-state index in [1.54, 1.807) is 0 Å². The third-order valence-electron chi connectivity index (χ3n) is 1.65. The Bertz CT molecular complexity index is 258. The fourth-order valence-corrected chi connectivity index (χ4v) is 1.05. The highest BCUT2D eigenvalue weighted by Crippen LogP contribution is 2.00. The summed E-state index contributed by atoms with van der Waals surface area (Å²) in [6.07, 6.45) is 0.637. The molecule has 0 saturated carbocycles. The largest absolute Gasteiger partial charge is 0.395 e. The molecule has 0 aliphatic carbocycles. The first-order valence-electron chi connectivity index (χ1n) is 4.01. The van der Waals surface area contributed by atoms with Crippen molar-refractivity contribution in [3.05, 3.63) is 29.6 Å². The van der Waals surface area contributed by atoms with Crippen LogP contribution in [0, 0.1) is 6.92 Å². The molecule has 0 aliphatic rings. The van der Waals surface area contributed by atoms with Gasteiger partial charge in [-0.25, -0.2) is 0 Å². The molecule has 0 aliphatic heterocycles. The van der Waals surface area contributed by atoms with Gasteiger partial charge in [-0.1, -0.05) is 6.07 Å². The summed E-state index contributed by atoms with van der Waals surface area (Å²) in [5.74, 6) is 0. The van der Waals surface area contributed by atoms with Gasteiger partial charge in [-0.15, -0.1) is 24.8 Å². The Kier molecular flexibility index (Phi) is 9.20. The molecule has 0 aromatic carbocycles. The Labute approximate surface area is 96.6 Å². The SMILES string of the molecule is Cc1cccc(CC(N)CO)n1.Cl.Cl. The summed E-state index contributed by atoms with van der Waals surface area (Å²) in [6.45, 7) is 1.95. The van der Waals surface area contributed by atoms with E-state index in [-0.39, 0.29) is 37.5 Å². The predicted molar refractivity (Wildman–Crippen MR) is 62.2 cm³/mol. The summed E-state index contributed by atoms with van der Waals surface area (Å²) in [7, 11) is 0. The van der Waals surface area contributed by atoms with Crippen LogP contribution in [0.25, 0.3) is 0 Å². The third kappa shape index (κ3) is 5.40. The lowest BCUT2D eigenvalue weighted by atomic mass is 10.1. The van der Waals surface area contributed by atoms with Gasteiger partial charge in [0.05, 0.1) is 6.61 Å². The first-order valence-corrected chi connectivity index (χ1v) is 4.01. The molecular weight excluding hydrogens is 223 g/mol. The zero-order chi connectivity index (χ0) is 8.97. The highest BCUT2D eigenvalue weighted by molar-refractivity contribution is 5.85. The van der Waals surface area contributed by atoms with Gasteiger partial charge in [-0.05, 0) is 19.1 Å². The summed E-state index contributed by atoms with van der Waals surface area (Å²) in [4.78, 5) is 4.27. The lowest BCUT2D eigenvalue weighted by Gasteiger charge is -2.06. The van der Waals surface area contributed by atoms with Crippen molar-refractivity contribution in [2.45, 2.75) is 19.4 Å². The Hall–Kier alpha value is -0.350. The molecule has 1 atom stereocenters. The molecule has 1 unspecified atom stereocenters. The highest BCUT2D eigenvalue weighted by atomic mass is 35.5. The van der Waals surface area contributed by atoms with Crippen molar-refractivity contribution in [3.8, 4) is 0 Å². The smallest absolute Gasteiger partial charge is 0.0586 e. The molecule has 0 saturated heterocycles. The van der Waals surface area contributed by atoms with Crippen LogP contribution in [0.4, 0.5) is 0 Å². The molecule has 14 heavy (non-hydrogen) atoms. The molecule has 3 N–H and O–H groups in total. The van der Waals surface area contributed by atoms with Crippen LogP contribution in [0.3, 0.4) is 0 Å². The van der Waals surface area contributed by atoms with E-state index >= 15 is 0 Å². The Morgan fingerprint density at radius 1 is 1.43 bits per heavy atom. The molecular formula is C9H16Cl2N2O. The van der Waals surface area contributed by atoms with Crippen LogP contribution in [0.5, 0.6) is 0 Å². The van der Waals surface area contributed by atoms with Gasteiger partial charge in [0, 0.05) is 23.9 Å². The van der Waals surface area contributed by atoms with Gasteiger partial charge in [0.1, 0.15) is 0 Å². The molecule has 5 heteroatoms. The zero-order valence-corrected chi connectivity index (χ0v) is 9.64. The predicted octanol–water partition coefficient (Wildman–Crippen LogP) is 1.10. The van der Waals surface area contributed by atoms with Crippen molar-refractivity contribution in [3.63, 3.8) is 0 Å². The number of hydrogen-bond donors (Lipinski definition) is 2. The van der Waals surface area contributed by atoms with Crippen molar-refractivity contribution in [2.75, 3.05) is 6.61 Å². The van der Waals surface area contributed by atoms with Crippen LogP contribution in [-0.2, 0) is 6.42 Å². The number of nitrogens with zero attached hydrogens (tertiary/aromatic N) is 1. The molecule has 3 nitrogen and oxygen atoms in total. The average molecular weight is 239 g/mol.